The fourth-order valence-corrected chi connectivity index (χ4v) is 4.68. The summed E-state index contributed by atoms with van der Waals surface area (Å²) in [6, 6.07) is 6.08. The first-order valence-electron chi connectivity index (χ1n) is 8.23. The number of nitrogens with zero attached hydrogens (tertiary/aromatic N) is 2. The Morgan fingerprint density at radius 2 is 2.14 bits per heavy atom. The van der Waals surface area contributed by atoms with E-state index in [1.165, 1.54) is 12.6 Å². The predicted molar refractivity (Wildman–Crippen MR) is 81.7 cm³/mol. The van der Waals surface area contributed by atoms with Gasteiger partial charge in [0.2, 0.25) is 0 Å². The summed E-state index contributed by atoms with van der Waals surface area (Å²) in [5.74, 6) is 0.774. The van der Waals surface area contributed by atoms with Crippen LogP contribution in [0.5, 0.6) is 0 Å². The van der Waals surface area contributed by atoms with Crippen molar-refractivity contribution in [2.45, 2.75) is 50.8 Å². The zero-order valence-electron chi connectivity index (χ0n) is 12.9. The third-order valence-electron chi connectivity index (χ3n) is 5.55. The molecule has 3 aliphatic heterocycles. The number of aromatic nitrogens is 1. The van der Waals surface area contributed by atoms with E-state index in [1.807, 2.05) is 10.6 Å². The fourth-order valence-electron chi connectivity index (χ4n) is 4.68. The number of fused-ring (bicyclic) bond motifs is 6. The first kappa shape index (κ1) is 14.0. The van der Waals surface area contributed by atoms with Crippen molar-refractivity contribution in [3.8, 4) is 0 Å². The minimum Gasteiger partial charge on any atom is -0.462 e. The molecule has 0 amide bonds. The number of carbonyl (C=O) groups is 1. The zero-order valence-corrected chi connectivity index (χ0v) is 12.9. The molecule has 0 spiro atoms. The van der Waals surface area contributed by atoms with Gasteiger partial charge in [-0.25, -0.2) is 0 Å². The molecule has 0 N–H and O–H groups in total. The molecular formula is C17H22N2O3. The SMILES string of the molecule is CC(=O)O[C@@H]1CCN2C[C@@H]3C[C@H](Cn4c3cccc4=O)[C@H]2C1. The molecule has 0 unspecified atom stereocenters. The van der Waals surface area contributed by atoms with E-state index >= 15 is 0 Å². The molecule has 2 bridgehead atoms. The largest absolute Gasteiger partial charge is 0.462 e. The molecule has 1 aromatic rings. The van der Waals surface area contributed by atoms with Crippen molar-refractivity contribution < 1.29 is 9.53 Å². The van der Waals surface area contributed by atoms with Crippen LogP contribution >= 0.6 is 0 Å². The van der Waals surface area contributed by atoms with Gasteiger partial charge in [-0.15, -0.1) is 0 Å². The van der Waals surface area contributed by atoms with Crippen LogP contribution in [-0.2, 0) is 16.1 Å². The molecule has 4 heterocycles. The summed E-state index contributed by atoms with van der Waals surface area (Å²) in [5.41, 5.74) is 1.32. The maximum atomic E-state index is 12.1. The molecule has 1 aromatic heterocycles. The van der Waals surface area contributed by atoms with E-state index in [-0.39, 0.29) is 17.6 Å². The lowest BCUT2D eigenvalue weighted by molar-refractivity contribution is -0.151. The Labute approximate surface area is 129 Å². The summed E-state index contributed by atoms with van der Waals surface area (Å²) in [7, 11) is 0. The molecule has 2 fully saturated rings. The number of ether oxygens (including phenoxy) is 1. The van der Waals surface area contributed by atoms with Gasteiger partial charge in [0.1, 0.15) is 6.10 Å². The number of piperidine rings is 2. The highest BCUT2D eigenvalue weighted by atomic mass is 16.5. The lowest BCUT2D eigenvalue weighted by Crippen LogP contribution is -2.57. The smallest absolute Gasteiger partial charge is 0.302 e. The topological polar surface area (TPSA) is 51.5 Å². The summed E-state index contributed by atoms with van der Waals surface area (Å²) < 4.78 is 7.40. The van der Waals surface area contributed by atoms with Gasteiger partial charge in [-0.1, -0.05) is 6.07 Å². The van der Waals surface area contributed by atoms with Crippen molar-refractivity contribution >= 4 is 5.97 Å². The lowest BCUT2D eigenvalue weighted by atomic mass is 9.75. The van der Waals surface area contributed by atoms with E-state index in [4.69, 9.17) is 4.74 Å². The fraction of sp³-hybridized carbons (Fsp3) is 0.647. The van der Waals surface area contributed by atoms with Crippen molar-refractivity contribution in [1.29, 1.82) is 0 Å². The van der Waals surface area contributed by atoms with Crippen LogP contribution in [0.15, 0.2) is 23.0 Å². The van der Waals surface area contributed by atoms with Gasteiger partial charge in [0, 0.05) is 56.7 Å². The summed E-state index contributed by atoms with van der Waals surface area (Å²) in [5, 5.41) is 0. The highest BCUT2D eigenvalue weighted by molar-refractivity contribution is 5.66. The van der Waals surface area contributed by atoms with Gasteiger partial charge in [-0.05, 0) is 24.8 Å². The van der Waals surface area contributed by atoms with E-state index in [0.29, 0.717) is 17.9 Å². The van der Waals surface area contributed by atoms with Crippen LogP contribution in [0, 0.1) is 5.92 Å². The Bertz CT molecular complexity index is 654. The van der Waals surface area contributed by atoms with Gasteiger partial charge in [0.05, 0.1) is 0 Å². The van der Waals surface area contributed by atoms with Crippen molar-refractivity contribution in [1.82, 2.24) is 9.47 Å². The second-order valence-corrected chi connectivity index (χ2v) is 6.91. The molecule has 0 radical (unpaired) electrons. The number of carbonyl (C=O) groups excluding carboxylic acids is 1. The van der Waals surface area contributed by atoms with Crippen LogP contribution in [0.25, 0.3) is 0 Å². The quantitative estimate of drug-likeness (QED) is 0.735. The van der Waals surface area contributed by atoms with Crippen LogP contribution in [0.3, 0.4) is 0 Å². The second kappa shape index (κ2) is 5.23. The number of hydrogen-bond acceptors (Lipinski definition) is 4. The molecule has 0 aromatic carbocycles. The Morgan fingerprint density at radius 3 is 2.95 bits per heavy atom. The van der Waals surface area contributed by atoms with E-state index < -0.39 is 0 Å². The summed E-state index contributed by atoms with van der Waals surface area (Å²) in [6.07, 6.45) is 3.03. The monoisotopic (exact) mass is 302 g/mol. The number of esters is 1. The van der Waals surface area contributed by atoms with Crippen LogP contribution < -0.4 is 5.56 Å². The summed E-state index contributed by atoms with van der Waals surface area (Å²) >= 11 is 0. The van der Waals surface area contributed by atoms with Crippen molar-refractivity contribution in [2.75, 3.05) is 13.1 Å². The molecule has 4 rings (SSSR count). The van der Waals surface area contributed by atoms with Gasteiger partial charge in [0.25, 0.3) is 5.56 Å². The van der Waals surface area contributed by atoms with Crippen molar-refractivity contribution in [2.24, 2.45) is 5.92 Å². The highest BCUT2D eigenvalue weighted by Crippen LogP contribution is 2.41. The molecule has 0 aliphatic carbocycles. The Kier molecular flexibility index (Phi) is 3.33. The maximum Gasteiger partial charge on any atom is 0.302 e. The van der Waals surface area contributed by atoms with E-state index in [9.17, 15) is 9.59 Å². The molecule has 4 atom stereocenters. The van der Waals surface area contributed by atoms with E-state index in [2.05, 4.69) is 11.0 Å². The highest BCUT2D eigenvalue weighted by Gasteiger charge is 2.44. The normalized spacial score (nSPS) is 33.7. The van der Waals surface area contributed by atoms with Gasteiger partial charge < -0.3 is 9.30 Å². The number of rotatable bonds is 1. The number of pyridine rings is 1. The predicted octanol–water partition coefficient (Wildman–Crippen LogP) is 1.36. The minimum absolute atomic E-state index is 0.0455. The van der Waals surface area contributed by atoms with Gasteiger partial charge in [-0.3, -0.25) is 14.5 Å². The third-order valence-corrected chi connectivity index (χ3v) is 5.55. The van der Waals surface area contributed by atoms with Crippen LogP contribution in [0.2, 0.25) is 0 Å². The van der Waals surface area contributed by atoms with E-state index in [1.54, 1.807) is 6.07 Å². The third kappa shape index (κ3) is 2.28. The van der Waals surface area contributed by atoms with Crippen molar-refractivity contribution in [3.63, 3.8) is 0 Å². The molecule has 5 nitrogen and oxygen atoms in total. The Hall–Kier alpha value is -1.62. The molecule has 2 saturated heterocycles. The average molecular weight is 302 g/mol. The number of hydrogen-bond donors (Lipinski definition) is 0. The van der Waals surface area contributed by atoms with Gasteiger partial charge in [-0.2, -0.15) is 0 Å². The molecular weight excluding hydrogens is 280 g/mol. The maximum absolute atomic E-state index is 12.1. The molecule has 3 aliphatic rings. The molecule has 0 saturated carbocycles. The first-order valence-corrected chi connectivity index (χ1v) is 8.23. The van der Waals surface area contributed by atoms with Crippen molar-refractivity contribution in [3.05, 3.63) is 34.2 Å². The molecule has 5 heteroatoms. The zero-order chi connectivity index (χ0) is 15.3. The summed E-state index contributed by atoms with van der Waals surface area (Å²) in [6.45, 7) is 4.31. The first-order chi connectivity index (χ1) is 10.6. The average Bonchev–Trinajstić information content (AvgIpc) is 2.49. The standard InChI is InChI=1S/C17H22N2O3/c1-11(20)22-14-5-6-18-9-12-7-13(16(18)8-14)10-19-15(12)3-2-4-17(19)21/h2-4,12-14,16H,5-10H2,1H3/t12-,13+,14+,16+/m0/s1. The lowest BCUT2D eigenvalue weighted by Gasteiger charge is -2.51. The Balaban J connectivity index is 1.60. The minimum atomic E-state index is -0.183. The molecule has 22 heavy (non-hydrogen) atoms. The van der Waals surface area contributed by atoms with Crippen LogP contribution in [0.4, 0.5) is 0 Å². The van der Waals surface area contributed by atoms with Crippen LogP contribution in [0.1, 0.15) is 37.8 Å². The van der Waals surface area contributed by atoms with Gasteiger partial charge in [0.15, 0.2) is 0 Å². The summed E-state index contributed by atoms with van der Waals surface area (Å²) in [4.78, 5) is 25.9. The second-order valence-electron chi connectivity index (χ2n) is 6.91. The molecule has 118 valence electrons. The Morgan fingerprint density at radius 1 is 1.27 bits per heavy atom. The van der Waals surface area contributed by atoms with E-state index in [0.717, 1.165) is 38.9 Å². The van der Waals surface area contributed by atoms with Gasteiger partial charge >= 0.3 is 5.97 Å². The van der Waals surface area contributed by atoms with Crippen LogP contribution in [-0.4, -0.2) is 40.7 Å².